The third-order valence-corrected chi connectivity index (χ3v) is 7.93. The molecule has 6 nitrogen and oxygen atoms in total. The summed E-state index contributed by atoms with van der Waals surface area (Å²) in [5.41, 5.74) is 4.04. The van der Waals surface area contributed by atoms with Gasteiger partial charge in [-0.1, -0.05) is 43.0 Å². The van der Waals surface area contributed by atoms with Crippen LogP contribution in [0.4, 0.5) is 5.69 Å². The van der Waals surface area contributed by atoms with Crippen molar-refractivity contribution >= 4 is 29.2 Å². The van der Waals surface area contributed by atoms with Crippen molar-refractivity contribution in [3.05, 3.63) is 58.1 Å². The van der Waals surface area contributed by atoms with Gasteiger partial charge in [-0.2, -0.15) is 0 Å². The first kappa shape index (κ1) is 27.3. The summed E-state index contributed by atoms with van der Waals surface area (Å²) < 4.78 is 6.38. The second kappa shape index (κ2) is 13.2. The van der Waals surface area contributed by atoms with Gasteiger partial charge < -0.3 is 19.6 Å². The number of aryl methyl sites for hydroxylation is 1. The molecular weight excluding hydrogens is 488 g/mol. The van der Waals surface area contributed by atoms with Crippen LogP contribution in [0.2, 0.25) is 5.02 Å². The van der Waals surface area contributed by atoms with Crippen molar-refractivity contribution in [1.29, 1.82) is 0 Å². The van der Waals surface area contributed by atoms with Gasteiger partial charge in [-0.25, -0.2) is 0 Å². The van der Waals surface area contributed by atoms with Gasteiger partial charge in [0.1, 0.15) is 12.4 Å². The SMILES string of the molecule is CN1CCCCCCCN2CCCCc3cc(Cl)ccc3COc3ccc(cc32)[C@H](C(=O)O)CCC1=O. The normalized spacial score (nSPS) is 20.4. The van der Waals surface area contributed by atoms with Crippen LogP contribution < -0.4 is 9.64 Å². The van der Waals surface area contributed by atoms with Crippen LogP contribution >= 0.6 is 11.6 Å². The molecule has 0 fully saturated rings. The smallest absolute Gasteiger partial charge is 0.310 e. The summed E-state index contributed by atoms with van der Waals surface area (Å²) in [6, 6.07) is 11.8. The number of halogens is 1. The minimum Gasteiger partial charge on any atom is -0.487 e. The molecule has 0 aromatic heterocycles. The summed E-state index contributed by atoms with van der Waals surface area (Å²) in [5.74, 6) is -0.852. The van der Waals surface area contributed by atoms with Gasteiger partial charge in [-0.3, -0.25) is 9.59 Å². The first-order chi connectivity index (χ1) is 17.9. The molecule has 0 saturated carbocycles. The lowest BCUT2D eigenvalue weighted by Crippen LogP contribution is -2.29. The second-order valence-electron chi connectivity index (χ2n) is 10.4. The Morgan fingerprint density at radius 2 is 1.65 bits per heavy atom. The molecule has 2 aromatic carbocycles. The zero-order valence-electron chi connectivity index (χ0n) is 21.9. The van der Waals surface area contributed by atoms with Gasteiger partial charge in [0.05, 0.1) is 11.6 Å². The summed E-state index contributed by atoms with van der Waals surface area (Å²) in [6.07, 6.45) is 8.97. The monoisotopic (exact) mass is 526 g/mol. The van der Waals surface area contributed by atoms with Crippen LogP contribution in [-0.2, 0) is 22.6 Å². The number of rotatable bonds is 1. The molecule has 2 heterocycles. The van der Waals surface area contributed by atoms with E-state index in [9.17, 15) is 14.7 Å². The molecule has 37 heavy (non-hydrogen) atoms. The Kier molecular flexibility index (Phi) is 9.73. The van der Waals surface area contributed by atoms with Gasteiger partial charge in [-0.15, -0.1) is 0 Å². The summed E-state index contributed by atoms with van der Waals surface area (Å²) >= 11 is 6.28. The molecular formula is C30H39ClN2O4. The van der Waals surface area contributed by atoms with Crippen molar-refractivity contribution in [3.8, 4) is 5.75 Å². The molecule has 0 unspecified atom stereocenters. The molecule has 1 N–H and O–H groups in total. The number of carbonyl (C=O) groups excluding carboxylic acids is 1. The van der Waals surface area contributed by atoms with Gasteiger partial charge in [0.2, 0.25) is 5.91 Å². The highest BCUT2D eigenvalue weighted by Crippen LogP contribution is 2.36. The number of carboxylic acid groups (broad SMARTS) is 1. The summed E-state index contributed by atoms with van der Waals surface area (Å²) in [4.78, 5) is 29.1. The molecule has 2 aliphatic rings. The maximum Gasteiger partial charge on any atom is 0.310 e. The predicted molar refractivity (Wildman–Crippen MR) is 148 cm³/mol. The molecule has 0 radical (unpaired) electrons. The molecule has 0 saturated heterocycles. The molecule has 2 bridgehead atoms. The van der Waals surface area contributed by atoms with E-state index >= 15 is 0 Å². The molecule has 1 amide bonds. The van der Waals surface area contributed by atoms with E-state index < -0.39 is 11.9 Å². The van der Waals surface area contributed by atoms with Gasteiger partial charge in [-0.05, 0) is 79.5 Å². The fourth-order valence-corrected chi connectivity index (χ4v) is 5.61. The lowest BCUT2D eigenvalue weighted by atomic mass is 9.93. The van der Waals surface area contributed by atoms with Crippen molar-refractivity contribution in [2.75, 3.05) is 31.6 Å². The van der Waals surface area contributed by atoms with E-state index in [2.05, 4.69) is 4.90 Å². The Morgan fingerprint density at radius 1 is 0.919 bits per heavy atom. The molecule has 2 aliphatic heterocycles. The molecule has 4 rings (SSSR count). The molecule has 0 aliphatic carbocycles. The van der Waals surface area contributed by atoms with Gasteiger partial charge in [0.15, 0.2) is 0 Å². The number of carbonyl (C=O) groups is 2. The summed E-state index contributed by atoms with van der Waals surface area (Å²) in [5, 5.41) is 10.8. The first-order valence-corrected chi connectivity index (χ1v) is 14.1. The highest BCUT2D eigenvalue weighted by molar-refractivity contribution is 6.30. The van der Waals surface area contributed by atoms with Gasteiger partial charge in [0, 0.05) is 38.1 Å². The fourth-order valence-electron chi connectivity index (χ4n) is 5.41. The minimum atomic E-state index is -0.897. The number of anilines is 1. The number of hydrogen-bond donors (Lipinski definition) is 1. The van der Waals surface area contributed by atoms with Crippen molar-refractivity contribution in [1.82, 2.24) is 4.90 Å². The lowest BCUT2D eigenvalue weighted by molar-refractivity contribution is -0.139. The number of aliphatic carboxylic acids is 1. The Bertz CT molecular complexity index is 1090. The average molecular weight is 527 g/mol. The van der Waals surface area contributed by atoms with Crippen LogP contribution in [-0.4, -0.2) is 48.6 Å². The molecule has 2 aromatic rings. The lowest BCUT2D eigenvalue weighted by Gasteiger charge is -2.28. The van der Waals surface area contributed by atoms with E-state index in [4.69, 9.17) is 16.3 Å². The highest BCUT2D eigenvalue weighted by Gasteiger charge is 2.25. The van der Waals surface area contributed by atoms with Crippen LogP contribution in [0.25, 0.3) is 0 Å². The Morgan fingerprint density at radius 3 is 2.43 bits per heavy atom. The Balaban J connectivity index is 1.68. The number of fused-ring (bicyclic) bond motifs is 2. The van der Waals surface area contributed by atoms with E-state index in [0.717, 1.165) is 98.6 Å². The van der Waals surface area contributed by atoms with Crippen LogP contribution in [0.15, 0.2) is 36.4 Å². The third kappa shape index (κ3) is 7.41. The van der Waals surface area contributed by atoms with Crippen molar-refractivity contribution in [2.45, 2.75) is 76.7 Å². The van der Waals surface area contributed by atoms with E-state index in [0.29, 0.717) is 6.61 Å². The average Bonchev–Trinajstić information content (AvgIpc) is 2.90. The van der Waals surface area contributed by atoms with E-state index in [-0.39, 0.29) is 18.7 Å². The maximum atomic E-state index is 12.7. The number of nitrogens with zero attached hydrogens (tertiary/aromatic N) is 2. The minimum absolute atomic E-state index is 0.0114. The zero-order chi connectivity index (χ0) is 26.2. The largest absolute Gasteiger partial charge is 0.487 e. The van der Waals surface area contributed by atoms with Crippen molar-refractivity contribution < 1.29 is 19.4 Å². The second-order valence-corrected chi connectivity index (χ2v) is 10.8. The highest BCUT2D eigenvalue weighted by atomic mass is 35.5. The summed E-state index contributed by atoms with van der Waals surface area (Å²) in [6.45, 7) is 2.97. The van der Waals surface area contributed by atoms with Crippen LogP contribution in [0.1, 0.15) is 80.4 Å². The Hall–Kier alpha value is -2.73. The summed E-state index contributed by atoms with van der Waals surface area (Å²) in [7, 11) is 1.82. The van der Waals surface area contributed by atoms with Crippen LogP contribution in [0.3, 0.4) is 0 Å². The topological polar surface area (TPSA) is 70.1 Å². The van der Waals surface area contributed by atoms with Crippen molar-refractivity contribution in [2.24, 2.45) is 0 Å². The number of ether oxygens (including phenoxy) is 1. The fraction of sp³-hybridized carbons (Fsp3) is 0.533. The molecule has 200 valence electrons. The Labute approximate surface area is 225 Å². The van der Waals surface area contributed by atoms with Crippen LogP contribution in [0, 0.1) is 0 Å². The predicted octanol–water partition coefficient (Wildman–Crippen LogP) is 6.43. The quantitative estimate of drug-likeness (QED) is 0.463. The van der Waals surface area contributed by atoms with Gasteiger partial charge in [0.25, 0.3) is 0 Å². The molecule has 7 heteroatoms. The number of benzene rings is 2. The van der Waals surface area contributed by atoms with Gasteiger partial charge >= 0.3 is 5.97 Å². The third-order valence-electron chi connectivity index (χ3n) is 7.69. The standard InChI is InChI=1S/C30H39ClN2O4/c1-32-16-6-3-2-4-7-17-33-18-8-5-9-22-19-25(31)12-10-24(22)21-37-28-14-11-23(20-27(28)33)26(30(35)36)13-15-29(32)34/h10-12,14,19-20,26H,2-9,13,15-18,21H2,1H3,(H,35,36)/t26-/m1/s1. The van der Waals surface area contributed by atoms with Crippen LogP contribution in [0.5, 0.6) is 5.75 Å². The number of amides is 1. The van der Waals surface area contributed by atoms with Crippen molar-refractivity contribution in [3.63, 3.8) is 0 Å². The number of hydrogen-bond acceptors (Lipinski definition) is 4. The van der Waals surface area contributed by atoms with E-state index in [1.54, 1.807) is 4.90 Å². The number of carboxylic acids is 1. The van der Waals surface area contributed by atoms with E-state index in [1.807, 2.05) is 43.4 Å². The first-order valence-electron chi connectivity index (χ1n) is 13.7. The van der Waals surface area contributed by atoms with E-state index in [1.165, 1.54) is 5.56 Å². The maximum absolute atomic E-state index is 12.7. The zero-order valence-corrected chi connectivity index (χ0v) is 22.6. The molecule has 1 atom stereocenters. The molecule has 0 spiro atoms.